The predicted octanol–water partition coefficient (Wildman–Crippen LogP) is 2.93. The Labute approximate surface area is 141 Å². The molecule has 0 bridgehead atoms. The van der Waals surface area contributed by atoms with Gasteiger partial charge in [0.05, 0.1) is 18.3 Å². The maximum Gasteiger partial charge on any atom is 0.279 e. The molecule has 2 N–H and O–H groups in total. The summed E-state index contributed by atoms with van der Waals surface area (Å²) >= 11 is 3.53. The minimum Gasteiger partial charge on any atom is -0.324 e. The Hall–Kier alpha value is -0.870. The third-order valence-corrected chi connectivity index (χ3v) is 5.95. The van der Waals surface area contributed by atoms with Crippen LogP contribution in [0.3, 0.4) is 0 Å². The molecule has 0 radical (unpaired) electrons. The molecule has 120 valence electrons. The number of likely N-dealkylation sites (tertiary alicyclic amines) is 1. The number of hydrogen-bond donors (Lipinski definition) is 2. The molecule has 1 aromatic carbocycles. The number of carbonyl (C=O) groups excluding carboxylic acids is 1. The van der Waals surface area contributed by atoms with Crippen molar-refractivity contribution >= 4 is 27.5 Å². The zero-order valence-corrected chi connectivity index (χ0v) is 14.9. The van der Waals surface area contributed by atoms with Crippen LogP contribution < -0.4 is 10.2 Å². The summed E-state index contributed by atoms with van der Waals surface area (Å²) in [6, 6.07) is 6.77. The monoisotopic (exact) mass is 365 g/mol. The Kier molecular flexibility index (Phi) is 5.19. The van der Waals surface area contributed by atoms with Crippen molar-refractivity contribution in [1.29, 1.82) is 0 Å². The molecule has 3 nitrogen and oxygen atoms in total. The Morgan fingerprint density at radius 2 is 2.05 bits per heavy atom. The summed E-state index contributed by atoms with van der Waals surface area (Å²) in [4.78, 5) is 14.0. The summed E-state index contributed by atoms with van der Waals surface area (Å²) in [6.07, 6.45) is 8.06. The first-order chi connectivity index (χ1) is 10.6. The summed E-state index contributed by atoms with van der Waals surface area (Å²) in [5.41, 5.74) is 2.07. The van der Waals surface area contributed by atoms with Crippen molar-refractivity contribution in [3.8, 4) is 0 Å². The summed E-state index contributed by atoms with van der Waals surface area (Å²) in [7, 11) is 0. The minimum atomic E-state index is 0.144. The lowest BCUT2D eigenvalue weighted by Gasteiger charge is -2.40. The number of rotatable bonds is 3. The average molecular weight is 366 g/mol. The molecule has 22 heavy (non-hydrogen) atoms. The van der Waals surface area contributed by atoms with Gasteiger partial charge >= 0.3 is 0 Å². The molecule has 1 aliphatic carbocycles. The lowest BCUT2D eigenvalue weighted by Crippen LogP contribution is -3.18. The second kappa shape index (κ2) is 7.14. The number of piperidine rings is 1. The van der Waals surface area contributed by atoms with Gasteiger partial charge in [0.2, 0.25) is 0 Å². The van der Waals surface area contributed by atoms with Crippen molar-refractivity contribution in [3.05, 3.63) is 28.2 Å². The third kappa shape index (κ3) is 3.72. The first-order valence-corrected chi connectivity index (χ1v) is 9.33. The van der Waals surface area contributed by atoms with Gasteiger partial charge in [0.1, 0.15) is 0 Å². The molecule has 0 spiro atoms. The number of quaternary nitrogens is 1. The maximum absolute atomic E-state index is 12.4. The Balaban J connectivity index is 1.61. The zero-order chi connectivity index (χ0) is 15.5. The van der Waals surface area contributed by atoms with Gasteiger partial charge in [-0.3, -0.25) is 4.79 Å². The molecule has 0 aromatic heterocycles. The zero-order valence-electron chi connectivity index (χ0n) is 13.3. The van der Waals surface area contributed by atoms with Gasteiger partial charge < -0.3 is 10.2 Å². The highest BCUT2D eigenvalue weighted by Crippen LogP contribution is 2.28. The molecule has 1 saturated carbocycles. The molecule has 1 saturated heterocycles. The molecule has 1 unspecified atom stereocenters. The van der Waals surface area contributed by atoms with E-state index in [1.54, 1.807) is 0 Å². The van der Waals surface area contributed by atoms with Crippen molar-refractivity contribution < 1.29 is 9.69 Å². The second-order valence-electron chi connectivity index (χ2n) is 6.91. The van der Waals surface area contributed by atoms with Crippen LogP contribution in [0.4, 0.5) is 5.69 Å². The third-order valence-electron chi connectivity index (χ3n) is 5.29. The molecule has 2 fully saturated rings. The molecule has 3 rings (SSSR count). The number of carbonyl (C=O) groups is 1. The fraction of sp³-hybridized carbons (Fsp3) is 0.611. The van der Waals surface area contributed by atoms with Crippen LogP contribution in [0.25, 0.3) is 0 Å². The van der Waals surface area contributed by atoms with Crippen LogP contribution in [0.1, 0.15) is 44.1 Å². The van der Waals surface area contributed by atoms with Gasteiger partial charge in [-0.1, -0.05) is 12.5 Å². The fourth-order valence-corrected chi connectivity index (χ4v) is 4.80. The van der Waals surface area contributed by atoms with Gasteiger partial charge in [-0.15, -0.1) is 0 Å². The number of anilines is 1. The SMILES string of the molecule is Cc1ccc(NC(=O)C[NH+]2CCC[C@H]3CCCC[C@@H]32)c(Br)c1. The van der Waals surface area contributed by atoms with Crippen LogP contribution >= 0.6 is 15.9 Å². The van der Waals surface area contributed by atoms with E-state index in [9.17, 15) is 4.79 Å². The van der Waals surface area contributed by atoms with Gasteiger partial charge in [-0.2, -0.15) is 0 Å². The molecule has 3 atom stereocenters. The topological polar surface area (TPSA) is 33.5 Å². The molecule has 1 aliphatic heterocycles. The van der Waals surface area contributed by atoms with Crippen LogP contribution in [0.2, 0.25) is 0 Å². The van der Waals surface area contributed by atoms with Crippen molar-refractivity contribution in [2.75, 3.05) is 18.4 Å². The lowest BCUT2D eigenvalue weighted by molar-refractivity contribution is -0.928. The van der Waals surface area contributed by atoms with Crippen molar-refractivity contribution in [3.63, 3.8) is 0 Å². The van der Waals surface area contributed by atoms with E-state index in [-0.39, 0.29) is 5.91 Å². The Bertz CT molecular complexity index is 544. The molecule has 4 heteroatoms. The normalized spacial score (nSPS) is 28.0. The van der Waals surface area contributed by atoms with E-state index in [0.717, 1.165) is 28.7 Å². The molecular weight excluding hydrogens is 340 g/mol. The van der Waals surface area contributed by atoms with E-state index in [0.29, 0.717) is 6.54 Å². The number of benzene rings is 1. The summed E-state index contributed by atoms with van der Waals surface area (Å²) < 4.78 is 0.963. The highest BCUT2D eigenvalue weighted by Gasteiger charge is 2.37. The van der Waals surface area contributed by atoms with Crippen molar-refractivity contribution in [2.24, 2.45) is 5.92 Å². The number of fused-ring (bicyclic) bond motifs is 1. The molecule has 1 heterocycles. The highest BCUT2D eigenvalue weighted by atomic mass is 79.9. The van der Waals surface area contributed by atoms with E-state index < -0.39 is 0 Å². The lowest BCUT2D eigenvalue weighted by atomic mass is 9.78. The van der Waals surface area contributed by atoms with Gasteiger partial charge in [-0.25, -0.2) is 0 Å². The largest absolute Gasteiger partial charge is 0.324 e. The number of amides is 1. The first-order valence-electron chi connectivity index (χ1n) is 8.54. The maximum atomic E-state index is 12.4. The van der Waals surface area contributed by atoms with E-state index >= 15 is 0 Å². The van der Waals surface area contributed by atoms with E-state index in [1.165, 1.54) is 49.0 Å². The summed E-state index contributed by atoms with van der Waals surface area (Å²) in [6.45, 7) is 3.82. The predicted molar refractivity (Wildman–Crippen MR) is 93.2 cm³/mol. The Morgan fingerprint density at radius 1 is 1.27 bits per heavy atom. The van der Waals surface area contributed by atoms with Crippen molar-refractivity contribution in [1.82, 2.24) is 0 Å². The van der Waals surface area contributed by atoms with Crippen LogP contribution in [0.15, 0.2) is 22.7 Å². The number of nitrogens with one attached hydrogen (secondary N) is 2. The smallest absolute Gasteiger partial charge is 0.279 e. The molecule has 2 aliphatic rings. The first kappa shape index (κ1) is 16.0. The van der Waals surface area contributed by atoms with E-state index in [4.69, 9.17) is 0 Å². The average Bonchev–Trinajstić information content (AvgIpc) is 2.50. The van der Waals surface area contributed by atoms with Gasteiger partial charge in [0.15, 0.2) is 6.54 Å². The minimum absolute atomic E-state index is 0.144. The fourth-order valence-electron chi connectivity index (χ4n) is 4.21. The summed E-state index contributed by atoms with van der Waals surface area (Å²) in [5, 5.41) is 3.07. The quantitative estimate of drug-likeness (QED) is 0.848. The van der Waals surface area contributed by atoms with E-state index in [2.05, 4.69) is 28.2 Å². The summed E-state index contributed by atoms with van der Waals surface area (Å²) in [5.74, 6) is 1.00. The molecular formula is C18H26BrN2O+. The standard InChI is InChI=1S/C18H25BrN2O/c1-13-8-9-16(15(19)11-13)20-18(22)12-21-10-4-6-14-5-2-3-7-17(14)21/h8-9,11,14,17H,2-7,10,12H2,1H3,(H,20,22)/p+1/t14-,17+/m1/s1. The van der Waals surface area contributed by atoms with Crippen LogP contribution in [-0.4, -0.2) is 25.0 Å². The Morgan fingerprint density at radius 3 is 2.86 bits per heavy atom. The molecule has 1 aromatic rings. The van der Waals surface area contributed by atoms with Gasteiger partial charge in [-0.05, 0) is 72.7 Å². The van der Waals surface area contributed by atoms with Gasteiger partial charge in [0, 0.05) is 10.4 Å². The highest BCUT2D eigenvalue weighted by molar-refractivity contribution is 9.10. The van der Waals surface area contributed by atoms with Crippen LogP contribution in [0.5, 0.6) is 0 Å². The second-order valence-corrected chi connectivity index (χ2v) is 7.76. The van der Waals surface area contributed by atoms with Crippen LogP contribution in [0, 0.1) is 12.8 Å². The van der Waals surface area contributed by atoms with Crippen LogP contribution in [-0.2, 0) is 4.79 Å². The van der Waals surface area contributed by atoms with Gasteiger partial charge in [0.25, 0.3) is 5.91 Å². The van der Waals surface area contributed by atoms with E-state index in [1.807, 2.05) is 18.2 Å². The number of hydrogen-bond acceptors (Lipinski definition) is 1. The van der Waals surface area contributed by atoms with Crippen molar-refractivity contribution in [2.45, 2.75) is 51.5 Å². The number of halogens is 1. The number of aryl methyl sites for hydroxylation is 1. The molecule has 1 amide bonds.